The van der Waals surface area contributed by atoms with Crippen molar-refractivity contribution in [2.75, 3.05) is 13.2 Å². The van der Waals surface area contributed by atoms with Crippen LogP contribution in [0, 0.1) is 19.8 Å². The average molecular weight is 307 g/mol. The van der Waals surface area contributed by atoms with E-state index in [2.05, 4.69) is 24.3 Å². The van der Waals surface area contributed by atoms with Gasteiger partial charge in [0.25, 0.3) is 0 Å². The van der Waals surface area contributed by atoms with Gasteiger partial charge in [0.2, 0.25) is 5.91 Å². The first-order valence-electron chi connectivity index (χ1n) is 8.38. The highest BCUT2D eigenvalue weighted by atomic mass is 16.5. The second-order valence-electron chi connectivity index (χ2n) is 6.37. The zero-order valence-electron chi connectivity index (χ0n) is 14.3. The van der Waals surface area contributed by atoms with Crippen LogP contribution in [0.5, 0.6) is 0 Å². The normalized spacial score (nSPS) is 21.8. The van der Waals surface area contributed by atoms with Crippen LogP contribution in [-0.2, 0) is 23.0 Å². The predicted octanol–water partition coefficient (Wildman–Crippen LogP) is 2.29. The molecular weight excluding hydrogens is 278 g/mol. The Balaban J connectivity index is 1.74. The molecule has 5 nitrogen and oxygen atoms in total. The monoisotopic (exact) mass is 307 g/mol. The lowest BCUT2D eigenvalue weighted by Crippen LogP contribution is -2.32. The van der Waals surface area contributed by atoms with Crippen LogP contribution >= 0.6 is 0 Å². The van der Waals surface area contributed by atoms with Crippen molar-refractivity contribution in [1.82, 2.24) is 15.1 Å². The molecule has 1 aliphatic heterocycles. The molecule has 2 unspecified atom stereocenters. The third-order valence-corrected chi connectivity index (χ3v) is 4.76. The minimum absolute atomic E-state index is 0.168. The van der Waals surface area contributed by atoms with Crippen molar-refractivity contribution >= 4 is 5.91 Å². The van der Waals surface area contributed by atoms with Gasteiger partial charge in [-0.1, -0.05) is 6.92 Å². The number of hydrogen-bond acceptors (Lipinski definition) is 3. The van der Waals surface area contributed by atoms with E-state index in [1.165, 1.54) is 11.3 Å². The fraction of sp³-hybridized carbons (Fsp3) is 0.765. The molecule has 2 atom stereocenters. The first-order valence-corrected chi connectivity index (χ1v) is 8.38. The van der Waals surface area contributed by atoms with Crippen LogP contribution in [0.15, 0.2) is 0 Å². The second-order valence-corrected chi connectivity index (χ2v) is 6.37. The molecular formula is C17H29N3O2. The molecule has 1 saturated heterocycles. The smallest absolute Gasteiger partial charge is 0.220 e. The Hall–Kier alpha value is -1.36. The first-order chi connectivity index (χ1) is 10.5. The third kappa shape index (κ3) is 4.32. The van der Waals surface area contributed by atoms with Gasteiger partial charge in [0.1, 0.15) is 0 Å². The van der Waals surface area contributed by atoms with E-state index in [0.29, 0.717) is 25.0 Å². The average Bonchev–Trinajstić information content (AvgIpc) is 2.73. The van der Waals surface area contributed by atoms with E-state index in [9.17, 15) is 4.79 Å². The van der Waals surface area contributed by atoms with Gasteiger partial charge in [-0.3, -0.25) is 9.48 Å². The lowest BCUT2D eigenvalue weighted by molar-refractivity contribution is -0.123. The van der Waals surface area contributed by atoms with E-state index < -0.39 is 0 Å². The van der Waals surface area contributed by atoms with Gasteiger partial charge in [0.15, 0.2) is 0 Å². The van der Waals surface area contributed by atoms with E-state index in [1.54, 1.807) is 0 Å². The summed E-state index contributed by atoms with van der Waals surface area (Å²) < 4.78 is 7.57. The maximum Gasteiger partial charge on any atom is 0.220 e. The van der Waals surface area contributed by atoms with Crippen molar-refractivity contribution in [3.63, 3.8) is 0 Å². The number of ether oxygens (including phenoxy) is 1. The van der Waals surface area contributed by atoms with Crippen LogP contribution in [0.1, 0.15) is 49.6 Å². The highest BCUT2D eigenvalue weighted by Crippen LogP contribution is 2.24. The lowest BCUT2D eigenvalue weighted by atomic mass is 9.91. The second kappa shape index (κ2) is 7.77. The summed E-state index contributed by atoms with van der Waals surface area (Å²) in [4.78, 5) is 12.1. The molecule has 124 valence electrons. The summed E-state index contributed by atoms with van der Waals surface area (Å²) >= 11 is 0. The maximum atomic E-state index is 12.1. The summed E-state index contributed by atoms with van der Waals surface area (Å²) in [7, 11) is 1.96. The fourth-order valence-electron chi connectivity index (χ4n) is 3.27. The number of carbonyl (C=O) groups excluding carboxylic acids is 1. The standard InChI is InChI=1S/C17H29N3O2/c1-5-15-10-14(7-9-22-15)11-17(21)18-8-6-16-12(2)19-20(4)13(16)3/h14-15H,5-11H2,1-4H3,(H,18,21). The van der Waals surface area contributed by atoms with Crippen molar-refractivity contribution in [2.24, 2.45) is 13.0 Å². The van der Waals surface area contributed by atoms with Gasteiger partial charge < -0.3 is 10.1 Å². The van der Waals surface area contributed by atoms with Crippen molar-refractivity contribution in [1.29, 1.82) is 0 Å². The quantitative estimate of drug-likeness (QED) is 0.877. The number of nitrogens with one attached hydrogen (secondary N) is 1. The molecule has 0 aromatic carbocycles. The molecule has 22 heavy (non-hydrogen) atoms. The highest BCUT2D eigenvalue weighted by Gasteiger charge is 2.23. The Morgan fingerprint density at radius 3 is 2.86 bits per heavy atom. The summed E-state index contributed by atoms with van der Waals surface area (Å²) in [6.07, 6.45) is 4.88. The fourth-order valence-corrected chi connectivity index (χ4v) is 3.27. The summed E-state index contributed by atoms with van der Waals surface area (Å²) in [6.45, 7) is 7.73. The molecule has 1 aliphatic rings. The lowest BCUT2D eigenvalue weighted by Gasteiger charge is -2.28. The maximum absolute atomic E-state index is 12.1. The van der Waals surface area contributed by atoms with E-state index >= 15 is 0 Å². The third-order valence-electron chi connectivity index (χ3n) is 4.76. The summed E-state index contributed by atoms with van der Waals surface area (Å²) in [5.41, 5.74) is 3.49. The van der Waals surface area contributed by atoms with Crippen LogP contribution in [0.4, 0.5) is 0 Å². The topological polar surface area (TPSA) is 56.2 Å². The Labute approximate surface area is 133 Å². The van der Waals surface area contributed by atoms with Crippen LogP contribution < -0.4 is 5.32 Å². The number of amides is 1. The van der Waals surface area contributed by atoms with E-state index in [0.717, 1.165) is 38.0 Å². The molecule has 2 heterocycles. The van der Waals surface area contributed by atoms with Crippen LogP contribution in [0.25, 0.3) is 0 Å². The molecule has 1 N–H and O–H groups in total. The summed E-state index contributed by atoms with van der Waals surface area (Å²) in [5, 5.41) is 7.47. The van der Waals surface area contributed by atoms with Crippen LogP contribution in [-0.4, -0.2) is 34.9 Å². The number of hydrogen-bond donors (Lipinski definition) is 1. The van der Waals surface area contributed by atoms with Gasteiger partial charge in [-0.25, -0.2) is 0 Å². The molecule has 0 aliphatic carbocycles. The number of aryl methyl sites for hydroxylation is 2. The van der Waals surface area contributed by atoms with E-state index in [1.807, 2.05) is 18.7 Å². The van der Waals surface area contributed by atoms with Crippen molar-refractivity contribution in [2.45, 2.75) is 59.0 Å². The molecule has 0 radical (unpaired) electrons. The number of carbonyl (C=O) groups is 1. The predicted molar refractivity (Wildman–Crippen MR) is 86.8 cm³/mol. The largest absolute Gasteiger partial charge is 0.378 e. The molecule has 1 aromatic rings. The van der Waals surface area contributed by atoms with Gasteiger partial charge in [0, 0.05) is 32.3 Å². The Kier molecular flexibility index (Phi) is 6.00. The Morgan fingerprint density at radius 1 is 1.45 bits per heavy atom. The Morgan fingerprint density at radius 2 is 2.23 bits per heavy atom. The zero-order chi connectivity index (χ0) is 16.1. The first kappa shape index (κ1) is 17.0. The van der Waals surface area contributed by atoms with Gasteiger partial charge in [0.05, 0.1) is 11.8 Å². The van der Waals surface area contributed by atoms with E-state index in [-0.39, 0.29) is 5.91 Å². The van der Waals surface area contributed by atoms with Crippen LogP contribution in [0.2, 0.25) is 0 Å². The molecule has 2 rings (SSSR count). The van der Waals surface area contributed by atoms with Gasteiger partial charge in [-0.15, -0.1) is 0 Å². The molecule has 1 aromatic heterocycles. The van der Waals surface area contributed by atoms with Crippen LogP contribution in [0.3, 0.4) is 0 Å². The Bertz CT molecular complexity index is 510. The van der Waals surface area contributed by atoms with E-state index in [4.69, 9.17) is 4.74 Å². The van der Waals surface area contributed by atoms with Crippen molar-refractivity contribution in [3.05, 3.63) is 17.0 Å². The SMILES string of the molecule is CCC1CC(CC(=O)NCCc2c(C)nn(C)c2C)CCO1. The molecule has 1 amide bonds. The summed E-state index contributed by atoms with van der Waals surface area (Å²) in [6, 6.07) is 0. The van der Waals surface area contributed by atoms with Gasteiger partial charge in [-0.2, -0.15) is 5.10 Å². The number of rotatable bonds is 6. The summed E-state index contributed by atoms with van der Waals surface area (Å²) in [5.74, 6) is 0.640. The molecule has 5 heteroatoms. The van der Waals surface area contributed by atoms with Gasteiger partial charge in [-0.05, 0) is 51.0 Å². The van der Waals surface area contributed by atoms with Gasteiger partial charge >= 0.3 is 0 Å². The minimum atomic E-state index is 0.168. The number of aromatic nitrogens is 2. The molecule has 0 bridgehead atoms. The van der Waals surface area contributed by atoms with Crippen molar-refractivity contribution < 1.29 is 9.53 Å². The minimum Gasteiger partial charge on any atom is -0.378 e. The number of nitrogens with zero attached hydrogens (tertiary/aromatic N) is 2. The molecule has 1 fully saturated rings. The molecule has 0 spiro atoms. The van der Waals surface area contributed by atoms with Crippen molar-refractivity contribution in [3.8, 4) is 0 Å². The molecule has 0 saturated carbocycles. The highest BCUT2D eigenvalue weighted by molar-refractivity contribution is 5.76. The zero-order valence-corrected chi connectivity index (χ0v) is 14.3.